The maximum Gasteiger partial charge on any atom is 0.228 e. The Morgan fingerprint density at radius 1 is 1.19 bits per heavy atom. The zero-order chi connectivity index (χ0) is 12.3. The van der Waals surface area contributed by atoms with Gasteiger partial charge >= 0.3 is 0 Å². The van der Waals surface area contributed by atoms with E-state index in [0.717, 1.165) is 11.1 Å². The van der Waals surface area contributed by atoms with Gasteiger partial charge in [0.25, 0.3) is 0 Å². The van der Waals surface area contributed by atoms with E-state index in [4.69, 9.17) is 0 Å². The average Bonchev–Trinajstić information content (AvgIpc) is 2.15. The summed E-state index contributed by atoms with van der Waals surface area (Å²) < 4.78 is 0. The van der Waals surface area contributed by atoms with Crippen molar-refractivity contribution in [2.45, 2.75) is 34.1 Å². The molecule has 1 aromatic rings. The van der Waals surface area contributed by atoms with Crippen LogP contribution in [0.25, 0.3) is 0 Å². The van der Waals surface area contributed by atoms with Crippen LogP contribution in [0.2, 0.25) is 0 Å². The first-order valence-corrected chi connectivity index (χ1v) is 5.56. The van der Waals surface area contributed by atoms with Crippen molar-refractivity contribution in [1.82, 2.24) is 0 Å². The van der Waals surface area contributed by atoms with E-state index in [1.807, 2.05) is 39.8 Å². The second kappa shape index (κ2) is 5.06. The normalized spacial score (nSPS) is 10.6. The Morgan fingerprint density at radius 3 is 2.31 bits per heavy atom. The molecule has 0 aromatic heterocycles. The van der Waals surface area contributed by atoms with Crippen LogP contribution in [0.3, 0.4) is 0 Å². The van der Waals surface area contributed by atoms with Gasteiger partial charge in [0.2, 0.25) is 11.6 Å². The van der Waals surface area contributed by atoms with Gasteiger partial charge in [-0.2, -0.15) is 0 Å². The monoisotopic (exact) mass is 218 g/mol. The van der Waals surface area contributed by atoms with Gasteiger partial charge in [-0.15, -0.1) is 0 Å². The third-order valence-corrected chi connectivity index (χ3v) is 2.47. The Labute approximate surface area is 96.7 Å². The van der Waals surface area contributed by atoms with Crippen LogP contribution in [0.5, 0.6) is 0 Å². The minimum atomic E-state index is -0.355. The number of carbonyl (C=O) groups is 2. The highest BCUT2D eigenvalue weighted by Gasteiger charge is 2.18. The molecule has 0 aliphatic heterocycles. The van der Waals surface area contributed by atoms with Gasteiger partial charge in [-0.25, -0.2) is 0 Å². The molecule has 0 heterocycles. The Balaban J connectivity index is 2.92. The van der Waals surface area contributed by atoms with Crippen molar-refractivity contribution in [3.63, 3.8) is 0 Å². The van der Waals surface area contributed by atoms with Gasteiger partial charge < -0.3 is 0 Å². The second-order valence-corrected chi connectivity index (χ2v) is 4.67. The average molecular weight is 218 g/mol. The fraction of sp³-hybridized carbons (Fsp3) is 0.429. The molecule has 0 aliphatic carbocycles. The SMILES string of the molecule is Cc1ccc(C(=O)C(=O)CC(C)C)c(C)c1. The molecule has 0 radical (unpaired) electrons. The lowest BCUT2D eigenvalue weighted by molar-refractivity contribution is -0.115. The molecule has 86 valence electrons. The van der Waals surface area contributed by atoms with Crippen molar-refractivity contribution in [3.05, 3.63) is 34.9 Å². The summed E-state index contributed by atoms with van der Waals surface area (Å²) in [5.74, 6) is -0.421. The van der Waals surface area contributed by atoms with Gasteiger partial charge in [-0.1, -0.05) is 37.6 Å². The smallest absolute Gasteiger partial charge is 0.228 e. The summed E-state index contributed by atoms with van der Waals surface area (Å²) in [6.07, 6.45) is 0.326. The van der Waals surface area contributed by atoms with Crippen molar-refractivity contribution in [2.75, 3.05) is 0 Å². The lowest BCUT2D eigenvalue weighted by Gasteiger charge is -2.06. The molecular formula is C14H18O2. The van der Waals surface area contributed by atoms with Crippen LogP contribution in [0.4, 0.5) is 0 Å². The number of hydrogen-bond acceptors (Lipinski definition) is 2. The molecule has 1 rings (SSSR count). The van der Waals surface area contributed by atoms with Crippen molar-refractivity contribution < 1.29 is 9.59 Å². The topological polar surface area (TPSA) is 34.1 Å². The maximum atomic E-state index is 11.9. The molecule has 2 nitrogen and oxygen atoms in total. The first-order chi connectivity index (χ1) is 7.41. The van der Waals surface area contributed by atoms with E-state index in [0.29, 0.717) is 12.0 Å². The lowest BCUT2D eigenvalue weighted by atomic mass is 9.96. The van der Waals surface area contributed by atoms with Gasteiger partial charge in [-0.05, 0) is 25.3 Å². The van der Waals surface area contributed by atoms with E-state index in [1.165, 1.54) is 0 Å². The summed E-state index contributed by atoms with van der Waals surface area (Å²) in [4.78, 5) is 23.5. The Kier molecular flexibility index (Phi) is 3.99. The Morgan fingerprint density at radius 2 is 1.81 bits per heavy atom. The van der Waals surface area contributed by atoms with Gasteiger partial charge in [0.1, 0.15) is 0 Å². The van der Waals surface area contributed by atoms with Gasteiger partial charge in [0, 0.05) is 12.0 Å². The predicted molar refractivity (Wildman–Crippen MR) is 64.7 cm³/mol. The third-order valence-electron chi connectivity index (χ3n) is 2.47. The van der Waals surface area contributed by atoms with E-state index in [2.05, 4.69) is 0 Å². The third kappa shape index (κ3) is 3.02. The van der Waals surface area contributed by atoms with Gasteiger partial charge in [-0.3, -0.25) is 9.59 Å². The van der Waals surface area contributed by atoms with Crippen molar-refractivity contribution in [2.24, 2.45) is 5.92 Å². The lowest BCUT2D eigenvalue weighted by Crippen LogP contribution is -2.17. The summed E-state index contributed by atoms with van der Waals surface area (Å²) in [5, 5.41) is 0. The molecule has 1 aromatic carbocycles. The van der Waals surface area contributed by atoms with E-state index < -0.39 is 0 Å². The van der Waals surface area contributed by atoms with E-state index in [-0.39, 0.29) is 17.5 Å². The van der Waals surface area contributed by atoms with Crippen LogP contribution < -0.4 is 0 Å². The van der Waals surface area contributed by atoms with E-state index in [9.17, 15) is 9.59 Å². The summed E-state index contributed by atoms with van der Waals surface area (Å²) in [7, 11) is 0. The summed E-state index contributed by atoms with van der Waals surface area (Å²) in [6.45, 7) is 7.71. The summed E-state index contributed by atoms with van der Waals surface area (Å²) in [5.41, 5.74) is 2.52. The standard InChI is InChI=1S/C14H18O2/c1-9(2)7-13(15)14(16)12-6-5-10(3)8-11(12)4/h5-6,8-9H,7H2,1-4H3. The highest BCUT2D eigenvalue weighted by molar-refractivity contribution is 6.44. The Bertz CT molecular complexity index is 417. The van der Waals surface area contributed by atoms with Crippen LogP contribution >= 0.6 is 0 Å². The minimum absolute atomic E-state index is 0.224. The summed E-state index contributed by atoms with van der Waals surface area (Å²) in [6, 6.07) is 5.53. The maximum absolute atomic E-state index is 11.9. The molecule has 0 unspecified atom stereocenters. The second-order valence-electron chi connectivity index (χ2n) is 4.67. The number of rotatable bonds is 4. The fourth-order valence-electron chi connectivity index (χ4n) is 1.68. The van der Waals surface area contributed by atoms with Crippen molar-refractivity contribution >= 4 is 11.6 Å². The molecule has 0 amide bonds. The molecule has 0 saturated heterocycles. The number of aryl methyl sites for hydroxylation is 2. The Hall–Kier alpha value is -1.44. The molecular weight excluding hydrogens is 200 g/mol. The molecule has 16 heavy (non-hydrogen) atoms. The zero-order valence-corrected chi connectivity index (χ0v) is 10.3. The van der Waals surface area contributed by atoms with Crippen LogP contribution in [0.1, 0.15) is 41.8 Å². The minimum Gasteiger partial charge on any atom is -0.290 e. The number of carbonyl (C=O) groups excluding carboxylic acids is 2. The van der Waals surface area contributed by atoms with Crippen LogP contribution in [0.15, 0.2) is 18.2 Å². The van der Waals surface area contributed by atoms with Crippen LogP contribution in [0, 0.1) is 19.8 Å². The van der Waals surface area contributed by atoms with Gasteiger partial charge in [0.15, 0.2) is 0 Å². The van der Waals surface area contributed by atoms with Crippen molar-refractivity contribution in [1.29, 1.82) is 0 Å². The molecule has 0 saturated carbocycles. The number of benzene rings is 1. The summed E-state index contributed by atoms with van der Waals surface area (Å²) >= 11 is 0. The number of Topliss-reactive ketones (excluding diaryl/α,β-unsaturated/α-hetero) is 2. The van der Waals surface area contributed by atoms with Gasteiger partial charge in [0.05, 0.1) is 0 Å². The fourth-order valence-corrected chi connectivity index (χ4v) is 1.68. The van der Waals surface area contributed by atoms with Crippen molar-refractivity contribution in [3.8, 4) is 0 Å². The number of ketones is 2. The van der Waals surface area contributed by atoms with Crippen LogP contribution in [-0.2, 0) is 4.79 Å². The molecule has 0 bridgehead atoms. The number of hydrogen-bond donors (Lipinski definition) is 0. The zero-order valence-electron chi connectivity index (χ0n) is 10.3. The largest absolute Gasteiger partial charge is 0.290 e. The first-order valence-electron chi connectivity index (χ1n) is 5.56. The highest BCUT2D eigenvalue weighted by atomic mass is 16.2. The molecule has 0 atom stereocenters. The molecule has 0 spiro atoms. The molecule has 0 fully saturated rings. The molecule has 0 aliphatic rings. The predicted octanol–water partition coefficient (Wildman–Crippen LogP) is 3.10. The molecule has 0 N–H and O–H groups in total. The first kappa shape index (κ1) is 12.6. The highest BCUT2D eigenvalue weighted by Crippen LogP contribution is 2.13. The van der Waals surface area contributed by atoms with E-state index in [1.54, 1.807) is 6.07 Å². The quantitative estimate of drug-likeness (QED) is 0.575. The van der Waals surface area contributed by atoms with E-state index >= 15 is 0 Å². The molecule has 2 heteroatoms. The van der Waals surface area contributed by atoms with Crippen LogP contribution in [-0.4, -0.2) is 11.6 Å².